The Balaban J connectivity index is 2.40. The summed E-state index contributed by atoms with van der Waals surface area (Å²) in [6.45, 7) is 2.71. The first-order valence-corrected chi connectivity index (χ1v) is 5.09. The molecule has 2 N–H and O–H groups in total. The van der Waals surface area contributed by atoms with Gasteiger partial charge in [-0.05, 0) is 19.1 Å². The van der Waals surface area contributed by atoms with Gasteiger partial charge in [0.1, 0.15) is 11.6 Å². The van der Waals surface area contributed by atoms with Gasteiger partial charge in [-0.2, -0.15) is 0 Å². The molecule has 1 aromatic carbocycles. The van der Waals surface area contributed by atoms with Crippen molar-refractivity contribution in [2.45, 2.75) is 13.3 Å². The van der Waals surface area contributed by atoms with Crippen LogP contribution >= 0.6 is 0 Å². The molecule has 0 fully saturated rings. The van der Waals surface area contributed by atoms with Crippen LogP contribution in [0.3, 0.4) is 0 Å². The van der Waals surface area contributed by atoms with Crippen LogP contribution in [0.1, 0.15) is 13.3 Å². The average molecular weight is 228 g/mol. The molecule has 0 spiro atoms. The van der Waals surface area contributed by atoms with Crippen LogP contribution in [-0.2, 0) is 4.79 Å². The maximum absolute atomic E-state index is 13.1. The second kappa shape index (κ2) is 6.05. The predicted molar refractivity (Wildman–Crippen MR) is 58.1 cm³/mol. The molecule has 88 valence electrons. The molecule has 0 saturated heterocycles. The third kappa shape index (κ3) is 3.84. The van der Waals surface area contributed by atoms with Crippen molar-refractivity contribution in [1.29, 1.82) is 0 Å². The van der Waals surface area contributed by atoms with Crippen LogP contribution in [0.4, 0.5) is 14.5 Å². The highest BCUT2D eigenvalue weighted by atomic mass is 19.1. The Morgan fingerprint density at radius 2 is 2.12 bits per heavy atom. The molecule has 1 aromatic rings. The van der Waals surface area contributed by atoms with Crippen LogP contribution < -0.4 is 10.6 Å². The van der Waals surface area contributed by atoms with Gasteiger partial charge in [-0.1, -0.05) is 0 Å². The molecule has 1 amide bonds. The molecule has 0 aromatic heterocycles. The Kier molecular flexibility index (Phi) is 4.69. The molecular weight excluding hydrogens is 214 g/mol. The minimum Gasteiger partial charge on any atom is -0.382 e. The third-order valence-electron chi connectivity index (χ3n) is 1.97. The monoisotopic (exact) mass is 228 g/mol. The van der Waals surface area contributed by atoms with Gasteiger partial charge in [-0.15, -0.1) is 0 Å². The molecule has 0 aliphatic heterocycles. The lowest BCUT2D eigenvalue weighted by Crippen LogP contribution is -2.24. The molecule has 0 atom stereocenters. The van der Waals surface area contributed by atoms with Crippen molar-refractivity contribution in [3.8, 4) is 0 Å². The molecule has 5 heteroatoms. The van der Waals surface area contributed by atoms with Crippen molar-refractivity contribution in [2.75, 3.05) is 18.4 Å². The van der Waals surface area contributed by atoms with E-state index in [0.717, 1.165) is 12.1 Å². The number of anilines is 1. The smallest absolute Gasteiger partial charge is 0.221 e. The molecule has 1 rings (SSSR count). The summed E-state index contributed by atoms with van der Waals surface area (Å²) in [6, 6.07) is 3.27. The summed E-state index contributed by atoms with van der Waals surface area (Å²) in [5.41, 5.74) is 0.200. The van der Waals surface area contributed by atoms with Crippen molar-refractivity contribution in [3.05, 3.63) is 29.8 Å². The maximum atomic E-state index is 13.1. The molecule has 0 saturated carbocycles. The standard InChI is InChI=1S/C11H14F2N2O/c1-2-14-11(16)5-6-15-10-4-3-8(12)7-9(10)13/h3-4,7,15H,2,5-6H2,1H3,(H,14,16). The number of benzene rings is 1. The van der Waals surface area contributed by atoms with E-state index in [1.165, 1.54) is 6.07 Å². The van der Waals surface area contributed by atoms with Gasteiger partial charge in [0.25, 0.3) is 0 Å². The Morgan fingerprint density at radius 1 is 1.38 bits per heavy atom. The van der Waals surface area contributed by atoms with E-state index in [0.29, 0.717) is 13.1 Å². The Hall–Kier alpha value is -1.65. The number of halogens is 2. The molecule has 16 heavy (non-hydrogen) atoms. The zero-order valence-corrected chi connectivity index (χ0v) is 9.02. The highest BCUT2D eigenvalue weighted by Crippen LogP contribution is 2.14. The van der Waals surface area contributed by atoms with Crippen LogP contribution in [-0.4, -0.2) is 19.0 Å². The summed E-state index contributed by atoms with van der Waals surface area (Å²) in [6.07, 6.45) is 0.255. The molecule has 0 heterocycles. The van der Waals surface area contributed by atoms with E-state index in [1.54, 1.807) is 0 Å². The Labute approximate surface area is 92.8 Å². The fourth-order valence-electron chi connectivity index (χ4n) is 1.23. The molecule has 0 aliphatic rings. The molecule has 3 nitrogen and oxygen atoms in total. The number of hydrogen-bond acceptors (Lipinski definition) is 2. The number of nitrogens with one attached hydrogen (secondary N) is 2. The van der Waals surface area contributed by atoms with Gasteiger partial charge in [0.15, 0.2) is 0 Å². The van der Waals surface area contributed by atoms with Crippen molar-refractivity contribution < 1.29 is 13.6 Å². The second-order valence-corrected chi connectivity index (χ2v) is 3.25. The van der Waals surface area contributed by atoms with Gasteiger partial charge < -0.3 is 10.6 Å². The average Bonchev–Trinajstić information content (AvgIpc) is 2.22. The van der Waals surface area contributed by atoms with Gasteiger partial charge in [0.05, 0.1) is 5.69 Å². The van der Waals surface area contributed by atoms with E-state index in [4.69, 9.17) is 0 Å². The minimum atomic E-state index is -0.657. The van der Waals surface area contributed by atoms with Gasteiger partial charge in [0.2, 0.25) is 5.91 Å². The van der Waals surface area contributed by atoms with Crippen LogP contribution in [0, 0.1) is 11.6 Å². The fraction of sp³-hybridized carbons (Fsp3) is 0.364. The van der Waals surface area contributed by atoms with Crippen molar-refractivity contribution in [2.24, 2.45) is 0 Å². The summed E-state index contributed by atoms with van der Waals surface area (Å²) in [4.78, 5) is 11.1. The quantitative estimate of drug-likeness (QED) is 0.808. The van der Waals surface area contributed by atoms with Crippen LogP contribution in [0.2, 0.25) is 0 Å². The first-order chi connectivity index (χ1) is 7.63. The molecular formula is C11H14F2N2O. The lowest BCUT2D eigenvalue weighted by molar-refractivity contribution is -0.120. The maximum Gasteiger partial charge on any atom is 0.221 e. The predicted octanol–water partition coefficient (Wildman–Crippen LogP) is 1.90. The minimum absolute atomic E-state index is 0.0995. The highest BCUT2D eigenvalue weighted by Gasteiger charge is 2.04. The van der Waals surface area contributed by atoms with Gasteiger partial charge in [-0.25, -0.2) is 8.78 Å². The van der Waals surface area contributed by atoms with Crippen LogP contribution in [0.5, 0.6) is 0 Å². The zero-order chi connectivity index (χ0) is 12.0. The number of carbonyl (C=O) groups is 1. The Bertz CT molecular complexity index is 369. The van der Waals surface area contributed by atoms with Crippen LogP contribution in [0.25, 0.3) is 0 Å². The first kappa shape index (κ1) is 12.4. The van der Waals surface area contributed by atoms with E-state index in [2.05, 4.69) is 10.6 Å². The van der Waals surface area contributed by atoms with Gasteiger partial charge in [-0.3, -0.25) is 4.79 Å². The first-order valence-electron chi connectivity index (χ1n) is 5.09. The van der Waals surface area contributed by atoms with Crippen molar-refractivity contribution >= 4 is 11.6 Å². The SMILES string of the molecule is CCNC(=O)CCNc1ccc(F)cc1F. The van der Waals surface area contributed by atoms with Gasteiger partial charge >= 0.3 is 0 Å². The molecule has 0 aliphatic carbocycles. The second-order valence-electron chi connectivity index (χ2n) is 3.25. The molecule has 0 bridgehead atoms. The van der Waals surface area contributed by atoms with E-state index in [9.17, 15) is 13.6 Å². The van der Waals surface area contributed by atoms with E-state index in [1.807, 2.05) is 6.92 Å². The summed E-state index contributed by atoms with van der Waals surface area (Å²) >= 11 is 0. The normalized spacial score (nSPS) is 9.94. The lowest BCUT2D eigenvalue weighted by Gasteiger charge is -2.07. The van der Waals surface area contributed by atoms with Crippen LogP contribution in [0.15, 0.2) is 18.2 Å². The van der Waals surface area contributed by atoms with Crippen molar-refractivity contribution in [1.82, 2.24) is 5.32 Å². The zero-order valence-electron chi connectivity index (χ0n) is 9.02. The Morgan fingerprint density at radius 3 is 2.75 bits per heavy atom. The van der Waals surface area contributed by atoms with E-state index >= 15 is 0 Å². The van der Waals surface area contributed by atoms with E-state index < -0.39 is 11.6 Å². The number of rotatable bonds is 5. The van der Waals surface area contributed by atoms with E-state index in [-0.39, 0.29) is 18.0 Å². The summed E-state index contributed by atoms with van der Waals surface area (Å²) < 4.78 is 25.7. The van der Waals surface area contributed by atoms with Gasteiger partial charge in [0, 0.05) is 25.6 Å². The number of amides is 1. The lowest BCUT2D eigenvalue weighted by atomic mass is 10.3. The number of carbonyl (C=O) groups excluding carboxylic acids is 1. The third-order valence-corrected chi connectivity index (χ3v) is 1.97. The summed E-state index contributed by atoms with van der Waals surface area (Å²) in [5.74, 6) is -1.37. The van der Waals surface area contributed by atoms with Crippen molar-refractivity contribution in [3.63, 3.8) is 0 Å². The topological polar surface area (TPSA) is 41.1 Å². The highest BCUT2D eigenvalue weighted by molar-refractivity contribution is 5.76. The fourth-order valence-corrected chi connectivity index (χ4v) is 1.23. The number of hydrogen-bond donors (Lipinski definition) is 2. The molecule has 0 radical (unpaired) electrons. The summed E-state index contributed by atoms with van der Waals surface area (Å²) in [5, 5.41) is 5.35. The largest absolute Gasteiger partial charge is 0.382 e. The summed E-state index contributed by atoms with van der Waals surface area (Å²) in [7, 11) is 0. The molecule has 0 unspecified atom stereocenters.